The van der Waals surface area contributed by atoms with Crippen LogP contribution in [0.25, 0.3) is 0 Å². The number of thiocarbonyl (C=S) groups is 1. The summed E-state index contributed by atoms with van der Waals surface area (Å²) in [5.74, 6) is 9.76. The van der Waals surface area contributed by atoms with Crippen LogP contribution in [0, 0.1) is 0 Å². The van der Waals surface area contributed by atoms with Crippen LogP contribution in [0.4, 0.5) is 0 Å². The Morgan fingerprint density at radius 1 is 0.667 bits per heavy atom. The Morgan fingerprint density at radius 2 is 1.31 bits per heavy atom. The molecule has 0 aromatic rings. The molecule has 9 atom stereocenters. The van der Waals surface area contributed by atoms with E-state index in [0.717, 1.165) is 39.6 Å². The summed E-state index contributed by atoms with van der Waals surface area (Å²) < 4.78 is 9.65. The van der Waals surface area contributed by atoms with Gasteiger partial charge >= 0.3 is 263 Å². The molecule has 0 saturated carbocycles. The second kappa shape index (κ2) is 18.0. The summed E-state index contributed by atoms with van der Waals surface area (Å²) in [5.41, 5.74) is 0. The van der Waals surface area contributed by atoms with E-state index in [1.165, 1.54) is 40.3 Å². The first-order valence-corrected chi connectivity index (χ1v) is 33.5. The summed E-state index contributed by atoms with van der Waals surface area (Å²) in [7, 11) is 0. The van der Waals surface area contributed by atoms with Gasteiger partial charge in [-0.3, -0.25) is 0 Å². The summed E-state index contributed by atoms with van der Waals surface area (Å²) >= 11 is 31.1. The molecule has 0 nitrogen and oxygen atoms in total. The Morgan fingerprint density at radius 3 is 1.85 bits per heavy atom. The van der Waals surface area contributed by atoms with Gasteiger partial charge in [0, 0.05) is 11.0 Å². The fraction of sp³-hybridized carbons (Fsp3) is 0.958. The standard InChI is InChI=1S/2C7H11S4.C4H6S3.2C3H5S.2Sn/c1-5-3-9-7(10-5)4-8-6(2)11-7;1-5-3-8-7(10-5)9-4-6(2)11-7;1-3-2-6-4(5)7-3;2*1-3-2-4-3;;/h5-6H,2-4H2,1H3;5-6H,1,3-4H2,2H3;3H,2H2,1H3;2*3H,1-2H2;;. The third-order valence-electron chi connectivity index (χ3n) is 6.24. The Kier molecular flexibility index (Phi) is 16.7. The van der Waals surface area contributed by atoms with E-state index in [9.17, 15) is 0 Å². The van der Waals surface area contributed by atoms with Crippen molar-refractivity contribution in [2.24, 2.45) is 0 Å². The molecular weight excluding hydrogens is 943 g/mol. The number of thioether (sulfide) groups is 12. The van der Waals surface area contributed by atoms with Crippen LogP contribution in [0.3, 0.4) is 0 Å². The zero-order valence-corrected chi connectivity index (χ0v) is 38.9. The van der Waals surface area contributed by atoms with Crippen LogP contribution in [0.1, 0.15) is 20.8 Å². The number of hydrogen-bond acceptors (Lipinski definition) is 13. The van der Waals surface area contributed by atoms with Crippen LogP contribution in [-0.2, 0) is 0 Å². The molecule has 0 aliphatic carbocycles. The molecule has 7 rings (SSSR count). The van der Waals surface area contributed by atoms with E-state index in [-0.39, 0.29) is 42.3 Å². The van der Waals surface area contributed by atoms with Gasteiger partial charge in [0.25, 0.3) is 0 Å². The normalized spacial score (nSPS) is 44.0. The van der Waals surface area contributed by atoms with E-state index < -0.39 is 0 Å². The minimum atomic E-state index is -0.167. The topological polar surface area (TPSA) is 0 Å². The average molecular weight is 981 g/mol. The van der Waals surface area contributed by atoms with Gasteiger partial charge in [0.1, 0.15) is 3.53 Å². The van der Waals surface area contributed by atoms with Crippen molar-refractivity contribution in [1.29, 1.82) is 0 Å². The first kappa shape index (κ1) is 36.2. The van der Waals surface area contributed by atoms with E-state index in [4.69, 9.17) is 12.2 Å². The average Bonchev–Trinajstić information content (AvgIpc) is 3.69. The molecule has 7 fully saturated rings. The first-order chi connectivity index (χ1) is 18.8. The van der Waals surface area contributed by atoms with Gasteiger partial charge < -0.3 is 0 Å². The molecule has 9 unspecified atom stereocenters. The molecule has 0 N–H and O–H groups in total. The predicted octanol–water partition coefficient (Wildman–Crippen LogP) is 10.1. The van der Waals surface area contributed by atoms with E-state index in [1.54, 1.807) is 29.5 Å². The molecule has 220 valence electrons. The van der Waals surface area contributed by atoms with Crippen molar-refractivity contribution >= 4 is 199 Å². The van der Waals surface area contributed by atoms with Gasteiger partial charge in [-0.05, 0) is 0 Å². The third kappa shape index (κ3) is 13.0. The van der Waals surface area contributed by atoms with E-state index in [0.29, 0.717) is 6.15 Å². The molecule has 7 heterocycles. The molecule has 2 spiro atoms. The fourth-order valence-corrected chi connectivity index (χ4v) is 40.2. The van der Waals surface area contributed by atoms with Crippen molar-refractivity contribution < 1.29 is 0 Å². The number of rotatable bonds is 8. The van der Waals surface area contributed by atoms with E-state index >= 15 is 0 Å². The molecule has 4 radical (unpaired) electrons. The van der Waals surface area contributed by atoms with Gasteiger partial charge in [-0.15, -0.1) is 23.5 Å². The maximum atomic E-state index is 4.92. The quantitative estimate of drug-likeness (QED) is 0.129. The molecule has 7 saturated heterocycles. The van der Waals surface area contributed by atoms with Gasteiger partial charge in [0.2, 0.25) is 0 Å². The van der Waals surface area contributed by atoms with Crippen molar-refractivity contribution in [1.82, 2.24) is 0 Å². The molecule has 7 aliphatic heterocycles. The van der Waals surface area contributed by atoms with Gasteiger partial charge in [-0.2, -0.15) is 0 Å². The van der Waals surface area contributed by atoms with Gasteiger partial charge in [0.15, 0.2) is 0 Å². The first-order valence-electron chi connectivity index (χ1n) is 13.5. The van der Waals surface area contributed by atoms with Crippen molar-refractivity contribution in [2.45, 2.75) is 80.8 Å². The SMILES string of the molecule is C1SC1[CH2][Sn][CH2]C1CS1.CC1CSC(=S)S1.CC1CSC2(CSC([CH2][Sn][CH2]C3CSC4(SCC(C)S4)S3)S2)S1. The molecule has 0 aromatic heterocycles. The van der Waals surface area contributed by atoms with Crippen molar-refractivity contribution in [3.63, 3.8) is 0 Å². The molecular formula is C24H38S13Sn2. The van der Waals surface area contributed by atoms with Crippen LogP contribution in [0.2, 0.25) is 17.7 Å². The molecule has 15 heteroatoms. The summed E-state index contributed by atoms with van der Waals surface area (Å²) in [6.45, 7) is 7.02. The molecule has 0 bridgehead atoms. The van der Waals surface area contributed by atoms with E-state index in [2.05, 4.69) is 138 Å². The second-order valence-corrected chi connectivity index (χ2v) is 38.1. The van der Waals surface area contributed by atoms with Crippen LogP contribution in [0.5, 0.6) is 0 Å². The van der Waals surface area contributed by atoms with Crippen LogP contribution < -0.4 is 0 Å². The summed E-state index contributed by atoms with van der Waals surface area (Å²) in [4.78, 5) is 0. The molecule has 39 heavy (non-hydrogen) atoms. The van der Waals surface area contributed by atoms with Crippen LogP contribution in [-0.4, -0.2) is 128 Å². The van der Waals surface area contributed by atoms with Gasteiger partial charge in [-0.1, -0.05) is 19.1 Å². The monoisotopic (exact) mass is 982 g/mol. The zero-order valence-electron chi connectivity index (χ0n) is 22.6. The fourth-order valence-electron chi connectivity index (χ4n) is 4.12. The number of hydrogen-bond donors (Lipinski definition) is 0. The van der Waals surface area contributed by atoms with Crippen molar-refractivity contribution in [3.05, 3.63) is 0 Å². The Labute approximate surface area is 315 Å². The predicted molar refractivity (Wildman–Crippen MR) is 217 cm³/mol. The zero-order chi connectivity index (χ0) is 27.3. The van der Waals surface area contributed by atoms with Crippen LogP contribution >= 0.6 is 153 Å². The van der Waals surface area contributed by atoms with Gasteiger partial charge in [-0.25, -0.2) is 0 Å². The summed E-state index contributed by atoms with van der Waals surface area (Å²) in [5, 5.41) is 5.79. The molecule has 0 aromatic carbocycles. The Hall–Kier alpha value is 5.89. The van der Waals surface area contributed by atoms with Gasteiger partial charge in [0.05, 0.1) is 0 Å². The van der Waals surface area contributed by atoms with Crippen LogP contribution in [0.15, 0.2) is 0 Å². The van der Waals surface area contributed by atoms with Crippen molar-refractivity contribution in [2.75, 3.05) is 40.3 Å². The third-order valence-corrected chi connectivity index (χ3v) is 40.0. The summed E-state index contributed by atoms with van der Waals surface area (Å²) in [6, 6.07) is 0. The maximum absolute atomic E-state index is 4.92. The Balaban J connectivity index is 0.000000156. The summed E-state index contributed by atoms with van der Waals surface area (Å²) in [6.07, 6.45) is 0. The Bertz CT molecular complexity index is 752. The molecule has 7 aliphatic rings. The van der Waals surface area contributed by atoms with Crippen molar-refractivity contribution in [3.8, 4) is 0 Å². The van der Waals surface area contributed by atoms with E-state index in [1.807, 2.05) is 11.8 Å². The molecule has 0 amide bonds. The second-order valence-electron chi connectivity index (χ2n) is 10.3. The minimum absolute atomic E-state index is 0.154.